The Morgan fingerprint density at radius 1 is 1.25 bits per heavy atom. The summed E-state index contributed by atoms with van der Waals surface area (Å²) in [5, 5.41) is 0. The molecule has 2 aromatic carbocycles. The number of carbonyl (C=O) groups excluding carboxylic acids is 1. The van der Waals surface area contributed by atoms with Gasteiger partial charge in [-0.15, -0.1) is 0 Å². The van der Waals surface area contributed by atoms with E-state index in [0.717, 1.165) is 5.56 Å². The van der Waals surface area contributed by atoms with Crippen LogP contribution in [0.5, 0.6) is 0 Å². The van der Waals surface area contributed by atoms with Crippen molar-refractivity contribution < 1.29 is 13.9 Å². The second-order valence-electron chi connectivity index (χ2n) is 4.63. The van der Waals surface area contributed by atoms with E-state index in [0.29, 0.717) is 11.3 Å². The van der Waals surface area contributed by atoms with Crippen LogP contribution >= 0.6 is 0 Å². The van der Waals surface area contributed by atoms with Crippen LogP contribution in [0.1, 0.15) is 24.0 Å². The highest BCUT2D eigenvalue weighted by molar-refractivity contribution is 5.78. The van der Waals surface area contributed by atoms with E-state index in [2.05, 4.69) is 0 Å². The van der Waals surface area contributed by atoms with Crippen LogP contribution < -0.4 is 5.73 Å². The Balaban J connectivity index is 1.98. The molecule has 2 aromatic rings. The van der Waals surface area contributed by atoms with Crippen molar-refractivity contribution in [2.45, 2.75) is 19.4 Å². The summed E-state index contributed by atoms with van der Waals surface area (Å²) in [6.07, 6.45) is 0. The number of ether oxygens (including phenoxy) is 1. The lowest BCUT2D eigenvalue weighted by Crippen LogP contribution is -2.13. The summed E-state index contributed by atoms with van der Waals surface area (Å²) in [5.74, 6) is -1.12. The van der Waals surface area contributed by atoms with E-state index in [-0.39, 0.29) is 18.4 Å². The molecule has 0 aliphatic carbocycles. The van der Waals surface area contributed by atoms with Crippen molar-refractivity contribution in [1.29, 1.82) is 0 Å². The number of hydrogen-bond acceptors (Lipinski definition) is 3. The summed E-state index contributed by atoms with van der Waals surface area (Å²) in [4.78, 5) is 12.0. The van der Waals surface area contributed by atoms with Gasteiger partial charge in [0.1, 0.15) is 12.4 Å². The SMILES string of the molecule is CC(C(=O)OCc1cccc(F)c1)c1cccc(N)c1. The fraction of sp³-hybridized carbons (Fsp3) is 0.188. The van der Waals surface area contributed by atoms with Crippen LogP contribution in [0.25, 0.3) is 0 Å². The van der Waals surface area contributed by atoms with Crippen molar-refractivity contribution in [1.82, 2.24) is 0 Å². The van der Waals surface area contributed by atoms with Crippen molar-refractivity contribution in [2.75, 3.05) is 5.73 Å². The van der Waals surface area contributed by atoms with Gasteiger partial charge in [0.25, 0.3) is 0 Å². The number of benzene rings is 2. The molecule has 2 rings (SSSR count). The zero-order valence-corrected chi connectivity index (χ0v) is 11.2. The van der Waals surface area contributed by atoms with Crippen LogP contribution in [0.2, 0.25) is 0 Å². The van der Waals surface area contributed by atoms with E-state index < -0.39 is 5.92 Å². The lowest BCUT2D eigenvalue weighted by Gasteiger charge is -2.12. The van der Waals surface area contributed by atoms with Gasteiger partial charge in [0.15, 0.2) is 0 Å². The largest absolute Gasteiger partial charge is 0.460 e. The van der Waals surface area contributed by atoms with E-state index in [9.17, 15) is 9.18 Å². The van der Waals surface area contributed by atoms with Gasteiger partial charge < -0.3 is 10.5 Å². The summed E-state index contributed by atoms with van der Waals surface area (Å²) in [5.41, 5.74) is 7.71. The Morgan fingerprint density at radius 3 is 2.70 bits per heavy atom. The molecule has 4 heteroatoms. The predicted molar refractivity (Wildman–Crippen MR) is 75.5 cm³/mol. The first-order chi connectivity index (χ1) is 9.56. The fourth-order valence-electron chi connectivity index (χ4n) is 1.87. The predicted octanol–water partition coefficient (Wildman–Crippen LogP) is 3.25. The van der Waals surface area contributed by atoms with Gasteiger partial charge in [-0.2, -0.15) is 0 Å². The summed E-state index contributed by atoms with van der Waals surface area (Å²) in [6, 6.07) is 13.1. The molecule has 2 N–H and O–H groups in total. The highest BCUT2D eigenvalue weighted by Crippen LogP contribution is 2.19. The number of nitrogens with two attached hydrogens (primary N) is 1. The topological polar surface area (TPSA) is 52.3 Å². The van der Waals surface area contributed by atoms with Crippen molar-refractivity contribution >= 4 is 11.7 Å². The maximum atomic E-state index is 13.0. The zero-order chi connectivity index (χ0) is 14.5. The average molecular weight is 273 g/mol. The minimum atomic E-state index is -0.410. The van der Waals surface area contributed by atoms with E-state index in [4.69, 9.17) is 10.5 Å². The van der Waals surface area contributed by atoms with Crippen molar-refractivity contribution in [3.63, 3.8) is 0 Å². The molecule has 104 valence electrons. The van der Waals surface area contributed by atoms with Gasteiger partial charge in [0, 0.05) is 5.69 Å². The maximum Gasteiger partial charge on any atom is 0.313 e. The van der Waals surface area contributed by atoms with E-state index in [1.54, 1.807) is 37.3 Å². The van der Waals surface area contributed by atoms with E-state index in [1.165, 1.54) is 12.1 Å². The number of esters is 1. The normalized spacial score (nSPS) is 11.9. The van der Waals surface area contributed by atoms with Gasteiger partial charge in [0.2, 0.25) is 0 Å². The minimum absolute atomic E-state index is 0.0588. The average Bonchev–Trinajstić information content (AvgIpc) is 2.44. The summed E-state index contributed by atoms with van der Waals surface area (Å²) in [7, 11) is 0. The molecule has 0 fully saturated rings. The highest BCUT2D eigenvalue weighted by Gasteiger charge is 2.17. The first-order valence-corrected chi connectivity index (χ1v) is 6.33. The molecule has 0 radical (unpaired) electrons. The van der Waals surface area contributed by atoms with Gasteiger partial charge in [-0.05, 0) is 42.3 Å². The number of nitrogen functional groups attached to an aromatic ring is 1. The Kier molecular flexibility index (Phi) is 4.35. The van der Waals surface area contributed by atoms with Crippen LogP contribution in [0.3, 0.4) is 0 Å². The first-order valence-electron chi connectivity index (χ1n) is 6.33. The number of rotatable bonds is 4. The molecule has 0 spiro atoms. The molecule has 0 amide bonds. The lowest BCUT2D eigenvalue weighted by atomic mass is 10.0. The zero-order valence-electron chi connectivity index (χ0n) is 11.2. The Labute approximate surface area is 117 Å². The molecule has 0 bridgehead atoms. The Morgan fingerprint density at radius 2 is 2.00 bits per heavy atom. The van der Waals surface area contributed by atoms with Crippen molar-refractivity contribution in [3.8, 4) is 0 Å². The van der Waals surface area contributed by atoms with Gasteiger partial charge in [-0.25, -0.2) is 4.39 Å². The van der Waals surface area contributed by atoms with Gasteiger partial charge in [-0.3, -0.25) is 4.79 Å². The molecule has 0 aromatic heterocycles. The van der Waals surface area contributed by atoms with Crippen LogP contribution in [0.4, 0.5) is 10.1 Å². The van der Waals surface area contributed by atoms with Crippen LogP contribution in [-0.2, 0) is 16.1 Å². The van der Waals surface area contributed by atoms with E-state index in [1.807, 2.05) is 6.07 Å². The Bertz CT molecular complexity index is 613. The summed E-state index contributed by atoms with van der Waals surface area (Å²) in [6.45, 7) is 1.81. The molecular weight excluding hydrogens is 257 g/mol. The number of halogens is 1. The van der Waals surface area contributed by atoms with Crippen molar-refractivity contribution in [3.05, 3.63) is 65.5 Å². The molecule has 0 saturated carbocycles. The third-order valence-electron chi connectivity index (χ3n) is 3.03. The first kappa shape index (κ1) is 14.1. The molecule has 0 aliphatic rings. The lowest BCUT2D eigenvalue weighted by molar-refractivity contribution is -0.146. The second kappa shape index (κ2) is 6.19. The quantitative estimate of drug-likeness (QED) is 0.687. The monoisotopic (exact) mass is 273 g/mol. The highest BCUT2D eigenvalue weighted by atomic mass is 19.1. The van der Waals surface area contributed by atoms with Crippen molar-refractivity contribution in [2.24, 2.45) is 0 Å². The molecule has 1 unspecified atom stereocenters. The van der Waals surface area contributed by atoms with Gasteiger partial charge in [-0.1, -0.05) is 24.3 Å². The third kappa shape index (κ3) is 3.57. The standard InChI is InChI=1S/C16H16FNO2/c1-11(13-5-3-7-15(18)9-13)16(19)20-10-12-4-2-6-14(17)8-12/h2-9,11H,10,18H2,1H3. The van der Waals surface area contributed by atoms with E-state index >= 15 is 0 Å². The molecule has 0 saturated heterocycles. The third-order valence-corrected chi connectivity index (χ3v) is 3.03. The Hall–Kier alpha value is -2.36. The van der Waals surface area contributed by atoms with Crippen LogP contribution in [-0.4, -0.2) is 5.97 Å². The molecule has 20 heavy (non-hydrogen) atoms. The number of carbonyl (C=O) groups is 1. The maximum absolute atomic E-state index is 13.0. The molecule has 0 aliphatic heterocycles. The number of hydrogen-bond donors (Lipinski definition) is 1. The molecular formula is C16H16FNO2. The van der Waals surface area contributed by atoms with Crippen LogP contribution in [0, 0.1) is 5.82 Å². The molecule has 0 heterocycles. The summed E-state index contributed by atoms with van der Waals surface area (Å²) < 4.78 is 18.2. The van der Waals surface area contributed by atoms with Gasteiger partial charge >= 0.3 is 5.97 Å². The van der Waals surface area contributed by atoms with Gasteiger partial charge in [0.05, 0.1) is 5.92 Å². The van der Waals surface area contributed by atoms with Crippen LogP contribution in [0.15, 0.2) is 48.5 Å². The second-order valence-corrected chi connectivity index (χ2v) is 4.63. The fourth-order valence-corrected chi connectivity index (χ4v) is 1.87. The minimum Gasteiger partial charge on any atom is -0.460 e. The number of anilines is 1. The summed E-state index contributed by atoms with van der Waals surface area (Å²) >= 11 is 0. The smallest absolute Gasteiger partial charge is 0.313 e. The molecule has 3 nitrogen and oxygen atoms in total. The molecule has 1 atom stereocenters.